The second kappa shape index (κ2) is 5.01. The molecule has 0 amide bonds. The highest BCUT2D eigenvalue weighted by Crippen LogP contribution is 2.31. The van der Waals surface area contributed by atoms with E-state index in [2.05, 4.69) is 20.7 Å². The predicted molar refractivity (Wildman–Crippen MR) is 68.2 cm³/mol. The van der Waals surface area contributed by atoms with Gasteiger partial charge in [0.1, 0.15) is 5.75 Å². The number of carboxylic acid groups (broad SMARTS) is 1. The van der Waals surface area contributed by atoms with Gasteiger partial charge in [-0.2, -0.15) is 0 Å². The number of rotatable bonds is 2. The first kappa shape index (κ1) is 11.7. The lowest BCUT2D eigenvalue weighted by atomic mass is 10.1. The van der Waals surface area contributed by atoms with Crippen LogP contribution in [0.1, 0.15) is 0 Å². The van der Waals surface area contributed by atoms with Crippen LogP contribution in [0, 0.1) is 0 Å². The molecule has 0 aliphatic heterocycles. The summed E-state index contributed by atoms with van der Waals surface area (Å²) in [6, 6.07) is 14.9. The molecule has 3 nitrogen and oxygen atoms in total. The number of hydrogen-bond donors (Lipinski definition) is 1. The van der Waals surface area contributed by atoms with Gasteiger partial charge in [0.2, 0.25) is 0 Å². The largest absolute Gasteiger partial charge is 0.511 e. The molecule has 0 heterocycles. The minimum Gasteiger partial charge on any atom is -0.449 e. The molecule has 2 rings (SSSR count). The maximum atomic E-state index is 10.4. The lowest BCUT2D eigenvalue weighted by Gasteiger charge is -2.06. The summed E-state index contributed by atoms with van der Waals surface area (Å²) in [6.07, 6.45) is -1.32. The van der Waals surface area contributed by atoms with Crippen molar-refractivity contribution in [2.24, 2.45) is 0 Å². The van der Waals surface area contributed by atoms with E-state index in [0.29, 0.717) is 5.75 Å². The second-order valence-corrected chi connectivity index (χ2v) is 4.23. The summed E-state index contributed by atoms with van der Waals surface area (Å²) in [4.78, 5) is 10.4. The molecular formula is C13H9BrO3. The Bertz CT molecular complexity index is 538. The van der Waals surface area contributed by atoms with E-state index in [0.717, 1.165) is 15.6 Å². The standard InChI is InChI=1S/C13H9BrO3/c14-12-8-10(17-13(15)16)6-7-11(12)9-4-2-1-3-5-9/h1-8H,(H,15,16). The molecule has 4 heteroatoms. The zero-order chi connectivity index (χ0) is 12.3. The molecule has 86 valence electrons. The minimum absolute atomic E-state index is 0.295. The zero-order valence-electron chi connectivity index (χ0n) is 8.76. The van der Waals surface area contributed by atoms with E-state index in [9.17, 15) is 4.79 Å². The number of halogens is 1. The van der Waals surface area contributed by atoms with Gasteiger partial charge in [0.15, 0.2) is 0 Å². The fraction of sp³-hybridized carbons (Fsp3) is 0. The highest BCUT2D eigenvalue weighted by atomic mass is 79.9. The molecule has 0 fully saturated rings. The molecule has 0 bridgehead atoms. The second-order valence-electron chi connectivity index (χ2n) is 3.38. The van der Waals surface area contributed by atoms with Crippen molar-refractivity contribution in [2.75, 3.05) is 0 Å². The third-order valence-corrected chi connectivity index (χ3v) is 2.89. The quantitative estimate of drug-likeness (QED) is 0.667. The van der Waals surface area contributed by atoms with Crippen molar-refractivity contribution in [3.63, 3.8) is 0 Å². The van der Waals surface area contributed by atoms with Gasteiger partial charge in [-0.05, 0) is 29.3 Å². The molecule has 0 saturated heterocycles. The Morgan fingerprint density at radius 2 is 1.82 bits per heavy atom. The lowest BCUT2D eigenvalue weighted by Crippen LogP contribution is -2.02. The van der Waals surface area contributed by atoms with Gasteiger partial charge in [-0.3, -0.25) is 0 Å². The Balaban J connectivity index is 2.35. The zero-order valence-corrected chi connectivity index (χ0v) is 10.3. The molecular weight excluding hydrogens is 284 g/mol. The summed E-state index contributed by atoms with van der Waals surface area (Å²) in [5.74, 6) is 0.295. The van der Waals surface area contributed by atoms with Crippen LogP contribution in [0.25, 0.3) is 11.1 Å². The van der Waals surface area contributed by atoms with Gasteiger partial charge in [-0.25, -0.2) is 4.79 Å². The van der Waals surface area contributed by atoms with Crippen LogP contribution in [0.4, 0.5) is 4.79 Å². The van der Waals surface area contributed by atoms with Gasteiger partial charge in [-0.1, -0.05) is 46.3 Å². The first-order valence-electron chi connectivity index (χ1n) is 4.92. The van der Waals surface area contributed by atoms with E-state index in [1.165, 1.54) is 0 Å². The fourth-order valence-electron chi connectivity index (χ4n) is 1.51. The molecule has 0 radical (unpaired) electrons. The molecule has 1 N–H and O–H groups in total. The van der Waals surface area contributed by atoms with Crippen LogP contribution < -0.4 is 4.74 Å². The Morgan fingerprint density at radius 1 is 1.12 bits per heavy atom. The third kappa shape index (κ3) is 2.85. The average Bonchev–Trinajstić information content (AvgIpc) is 2.29. The maximum Gasteiger partial charge on any atom is 0.511 e. The number of ether oxygens (including phenoxy) is 1. The topological polar surface area (TPSA) is 46.5 Å². The van der Waals surface area contributed by atoms with E-state index in [1.807, 2.05) is 36.4 Å². The van der Waals surface area contributed by atoms with Crippen LogP contribution in [0.5, 0.6) is 5.75 Å². The van der Waals surface area contributed by atoms with Gasteiger partial charge < -0.3 is 9.84 Å². The highest BCUT2D eigenvalue weighted by molar-refractivity contribution is 9.10. The van der Waals surface area contributed by atoms with Gasteiger partial charge in [-0.15, -0.1) is 0 Å². The summed E-state index contributed by atoms with van der Waals surface area (Å²) in [5.41, 5.74) is 2.05. The van der Waals surface area contributed by atoms with Crippen LogP contribution in [0.2, 0.25) is 0 Å². The normalized spacial score (nSPS) is 9.94. The van der Waals surface area contributed by atoms with Crippen molar-refractivity contribution in [1.82, 2.24) is 0 Å². The predicted octanol–water partition coefficient (Wildman–Crippen LogP) is 4.17. The molecule has 0 atom stereocenters. The van der Waals surface area contributed by atoms with Gasteiger partial charge in [0, 0.05) is 4.47 Å². The van der Waals surface area contributed by atoms with Crippen molar-refractivity contribution in [2.45, 2.75) is 0 Å². The summed E-state index contributed by atoms with van der Waals surface area (Å²) in [6.45, 7) is 0. The molecule has 0 unspecified atom stereocenters. The van der Waals surface area contributed by atoms with Gasteiger partial charge in [0.05, 0.1) is 0 Å². The van der Waals surface area contributed by atoms with Crippen molar-refractivity contribution in [1.29, 1.82) is 0 Å². The van der Waals surface area contributed by atoms with E-state index >= 15 is 0 Å². The third-order valence-electron chi connectivity index (χ3n) is 2.23. The van der Waals surface area contributed by atoms with Crippen LogP contribution in [-0.4, -0.2) is 11.3 Å². The van der Waals surface area contributed by atoms with Crippen molar-refractivity contribution < 1.29 is 14.6 Å². The maximum absolute atomic E-state index is 10.4. The molecule has 2 aromatic carbocycles. The molecule has 0 aliphatic rings. The number of benzene rings is 2. The summed E-state index contributed by atoms with van der Waals surface area (Å²) in [7, 11) is 0. The van der Waals surface area contributed by atoms with Crippen molar-refractivity contribution >= 4 is 22.1 Å². The van der Waals surface area contributed by atoms with Crippen LogP contribution in [0.3, 0.4) is 0 Å². The number of carbonyl (C=O) groups is 1. The highest BCUT2D eigenvalue weighted by Gasteiger charge is 2.06. The molecule has 2 aromatic rings. The number of hydrogen-bond acceptors (Lipinski definition) is 2. The smallest absolute Gasteiger partial charge is 0.449 e. The Hall–Kier alpha value is -1.81. The molecule has 0 saturated carbocycles. The van der Waals surface area contributed by atoms with E-state index in [1.54, 1.807) is 12.1 Å². The minimum atomic E-state index is -1.32. The summed E-state index contributed by atoms with van der Waals surface area (Å²) in [5, 5.41) is 8.51. The molecule has 0 spiro atoms. The Labute approximate surface area is 107 Å². The van der Waals surface area contributed by atoms with Crippen LogP contribution in [-0.2, 0) is 0 Å². The van der Waals surface area contributed by atoms with Gasteiger partial charge >= 0.3 is 6.16 Å². The van der Waals surface area contributed by atoms with E-state index < -0.39 is 6.16 Å². The molecule has 0 aromatic heterocycles. The summed E-state index contributed by atoms with van der Waals surface area (Å²) >= 11 is 3.40. The monoisotopic (exact) mass is 292 g/mol. The first-order valence-corrected chi connectivity index (χ1v) is 5.72. The lowest BCUT2D eigenvalue weighted by molar-refractivity contribution is 0.144. The van der Waals surface area contributed by atoms with E-state index in [4.69, 9.17) is 5.11 Å². The fourth-order valence-corrected chi connectivity index (χ4v) is 2.10. The van der Waals surface area contributed by atoms with Gasteiger partial charge in [0.25, 0.3) is 0 Å². The van der Waals surface area contributed by atoms with Crippen molar-refractivity contribution in [3.05, 3.63) is 53.0 Å². The van der Waals surface area contributed by atoms with Crippen LogP contribution >= 0.6 is 15.9 Å². The molecule has 17 heavy (non-hydrogen) atoms. The first-order chi connectivity index (χ1) is 8.16. The Kier molecular flexibility index (Phi) is 3.44. The van der Waals surface area contributed by atoms with E-state index in [-0.39, 0.29) is 0 Å². The molecule has 0 aliphatic carbocycles. The van der Waals surface area contributed by atoms with Crippen LogP contribution in [0.15, 0.2) is 53.0 Å². The SMILES string of the molecule is O=C(O)Oc1ccc(-c2ccccc2)c(Br)c1. The van der Waals surface area contributed by atoms with Crippen molar-refractivity contribution in [3.8, 4) is 16.9 Å². The summed E-state index contributed by atoms with van der Waals surface area (Å²) < 4.78 is 5.37. The average molecular weight is 293 g/mol. The Morgan fingerprint density at radius 3 is 2.41 bits per heavy atom.